The molecule has 188 valence electrons. The molecular formula is C31H54N2. The van der Waals surface area contributed by atoms with Crippen molar-refractivity contribution < 1.29 is 0 Å². The highest BCUT2D eigenvalue weighted by Gasteiger charge is 2.31. The van der Waals surface area contributed by atoms with E-state index < -0.39 is 0 Å². The molecule has 4 aliphatic rings. The Balaban J connectivity index is 1.51. The highest BCUT2D eigenvalue weighted by Crippen LogP contribution is 2.36. The molecule has 1 aliphatic heterocycles. The summed E-state index contributed by atoms with van der Waals surface area (Å²) in [5.41, 5.74) is 3.31. The Bertz CT molecular complexity index is 588. The Morgan fingerprint density at radius 1 is 0.576 bits per heavy atom. The maximum absolute atomic E-state index is 4.16. The first kappa shape index (κ1) is 25.3. The molecule has 3 fully saturated rings. The maximum Gasteiger partial charge on any atom is 0.0338 e. The van der Waals surface area contributed by atoms with Crippen LogP contribution in [0.15, 0.2) is 23.4 Å². The van der Waals surface area contributed by atoms with Gasteiger partial charge in [0.05, 0.1) is 0 Å². The molecule has 2 nitrogen and oxygen atoms in total. The van der Waals surface area contributed by atoms with Gasteiger partial charge in [0.2, 0.25) is 0 Å². The van der Waals surface area contributed by atoms with Crippen LogP contribution in [-0.2, 0) is 0 Å². The SMILES string of the molecule is C1=C(C2CCCCCCCCCCC2)C=C(NC2CCCCC2)C2CCCCCCCNC12. The van der Waals surface area contributed by atoms with Crippen LogP contribution >= 0.6 is 0 Å². The van der Waals surface area contributed by atoms with E-state index in [1.807, 2.05) is 0 Å². The van der Waals surface area contributed by atoms with Gasteiger partial charge >= 0.3 is 0 Å². The van der Waals surface area contributed by atoms with Crippen molar-refractivity contribution in [1.29, 1.82) is 0 Å². The molecule has 0 radical (unpaired) electrons. The first-order valence-corrected chi connectivity index (χ1v) is 15.3. The second-order valence-electron chi connectivity index (χ2n) is 11.8. The summed E-state index contributed by atoms with van der Waals surface area (Å²) in [5, 5.41) is 8.20. The lowest BCUT2D eigenvalue weighted by Gasteiger charge is -2.38. The minimum atomic E-state index is 0.551. The van der Waals surface area contributed by atoms with Crippen LogP contribution in [0.3, 0.4) is 0 Å². The zero-order valence-electron chi connectivity index (χ0n) is 21.7. The molecule has 3 aliphatic carbocycles. The molecule has 4 rings (SSSR count). The number of nitrogens with one attached hydrogen (secondary N) is 2. The summed E-state index contributed by atoms with van der Waals surface area (Å²) in [4.78, 5) is 0. The lowest BCUT2D eigenvalue weighted by Crippen LogP contribution is -2.44. The van der Waals surface area contributed by atoms with Crippen molar-refractivity contribution in [2.45, 2.75) is 153 Å². The molecule has 0 aromatic heterocycles. The minimum absolute atomic E-state index is 0.551. The van der Waals surface area contributed by atoms with Crippen molar-refractivity contribution in [2.24, 2.45) is 11.8 Å². The van der Waals surface area contributed by atoms with E-state index in [1.165, 1.54) is 148 Å². The quantitative estimate of drug-likeness (QED) is 0.446. The maximum atomic E-state index is 4.16. The van der Waals surface area contributed by atoms with Gasteiger partial charge in [-0.05, 0) is 62.6 Å². The standard InChI is InChI=1S/C31H54N2/c1-2-4-7-12-18-26(19-13-8-5-3-1)27-24-30-29(22-16-9-6-10-17-23-32-30)31(25-27)33-28-20-14-11-15-21-28/h24-26,28-30,32-33H,1-23H2. The monoisotopic (exact) mass is 454 g/mol. The molecule has 33 heavy (non-hydrogen) atoms. The fourth-order valence-electron chi connectivity index (χ4n) is 7.06. The summed E-state index contributed by atoms with van der Waals surface area (Å²) in [6, 6.07) is 1.27. The number of allylic oxidation sites excluding steroid dienone is 2. The van der Waals surface area contributed by atoms with Gasteiger partial charge in [-0.2, -0.15) is 0 Å². The minimum Gasteiger partial charge on any atom is -0.385 e. The molecule has 2 heteroatoms. The normalized spacial score (nSPS) is 30.7. The van der Waals surface area contributed by atoms with Crippen LogP contribution in [0.25, 0.3) is 0 Å². The zero-order chi connectivity index (χ0) is 22.6. The highest BCUT2D eigenvalue weighted by atomic mass is 15.0. The van der Waals surface area contributed by atoms with Crippen molar-refractivity contribution >= 4 is 0 Å². The van der Waals surface area contributed by atoms with Crippen LogP contribution < -0.4 is 10.6 Å². The average molecular weight is 455 g/mol. The Labute approximate surface area is 205 Å². The van der Waals surface area contributed by atoms with Gasteiger partial charge < -0.3 is 10.6 Å². The third-order valence-corrected chi connectivity index (χ3v) is 9.15. The summed E-state index contributed by atoms with van der Waals surface area (Å²) < 4.78 is 0. The van der Waals surface area contributed by atoms with Gasteiger partial charge in [-0.3, -0.25) is 0 Å². The lowest BCUT2D eigenvalue weighted by molar-refractivity contribution is 0.332. The van der Waals surface area contributed by atoms with Gasteiger partial charge in [0.1, 0.15) is 0 Å². The molecule has 2 unspecified atom stereocenters. The summed E-state index contributed by atoms with van der Waals surface area (Å²) in [7, 11) is 0. The Morgan fingerprint density at radius 3 is 1.76 bits per heavy atom. The predicted molar refractivity (Wildman–Crippen MR) is 143 cm³/mol. The molecular weight excluding hydrogens is 400 g/mol. The van der Waals surface area contributed by atoms with Crippen LogP contribution in [0.4, 0.5) is 0 Å². The van der Waals surface area contributed by atoms with Gasteiger partial charge in [0.25, 0.3) is 0 Å². The highest BCUT2D eigenvalue weighted by molar-refractivity contribution is 5.35. The molecule has 0 aromatic rings. The van der Waals surface area contributed by atoms with E-state index in [0.29, 0.717) is 12.0 Å². The summed E-state index contributed by atoms with van der Waals surface area (Å²) in [5.74, 6) is 1.45. The van der Waals surface area contributed by atoms with Crippen LogP contribution in [0, 0.1) is 11.8 Å². The predicted octanol–water partition coefficient (Wildman–Crippen LogP) is 8.58. The number of hydrogen-bond donors (Lipinski definition) is 2. The van der Waals surface area contributed by atoms with Gasteiger partial charge in [0.15, 0.2) is 0 Å². The van der Waals surface area contributed by atoms with E-state index in [-0.39, 0.29) is 0 Å². The van der Waals surface area contributed by atoms with Crippen molar-refractivity contribution in [2.75, 3.05) is 6.54 Å². The van der Waals surface area contributed by atoms with E-state index in [1.54, 1.807) is 11.3 Å². The van der Waals surface area contributed by atoms with Gasteiger partial charge in [-0.1, -0.05) is 109 Å². The first-order valence-electron chi connectivity index (χ1n) is 15.3. The molecule has 1 heterocycles. The smallest absolute Gasteiger partial charge is 0.0338 e. The lowest BCUT2D eigenvalue weighted by atomic mass is 9.78. The second-order valence-corrected chi connectivity index (χ2v) is 11.8. The third-order valence-electron chi connectivity index (χ3n) is 9.15. The first-order chi connectivity index (χ1) is 16.4. The molecule has 0 bridgehead atoms. The van der Waals surface area contributed by atoms with Crippen LogP contribution in [-0.4, -0.2) is 18.6 Å². The van der Waals surface area contributed by atoms with Crippen molar-refractivity contribution in [3.8, 4) is 0 Å². The third kappa shape index (κ3) is 8.44. The molecule has 2 atom stereocenters. The van der Waals surface area contributed by atoms with E-state index in [9.17, 15) is 0 Å². The number of rotatable bonds is 3. The van der Waals surface area contributed by atoms with Crippen LogP contribution in [0.2, 0.25) is 0 Å². The molecule has 0 aromatic carbocycles. The van der Waals surface area contributed by atoms with E-state index in [0.717, 1.165) is 12.0 Å². The largest absolute Gasteiger partial charge is 0.385 e. The van der Waals surface area contributed by atoms with Gasteiger partial charge in [-0.25, -0.2) is 0 Å². The van der Waals surface area contributed by atoms with Crippen molar-refractivity contribution in [3.05, 3.63) is 23.4 Å². The molecule has 0 amide bonds. The molecule has 2 N–H and O–H groups in total. The molecule has 2 saturated carbocycles. The fourth-order valence-corrected chi connectivity index (χ4v) is 7.06. The van der Waals surface area contributed by atoms with E-state index >= 15 is 0 Å². The molecule has 0 spiro atoms. The van der Waals surface area contributed by atoms with Gasteiger partial charge in [0, 0.05) is 23.7 Å². The summed E-state index contributed by atoms with van der Waals surface area (Å²) in [6.07, 6.45) is 36.7. The zero-order valence-corrected chi connectivity index (χ0v) is 21.7. The second kappa shape index (κ2) is 14.6. The summed E-state index contributed by atoms with van der Waals surface area (Å²) in [6.45, 7) is 1.20. The topological polar surface area (TPSA) is 24.1 Å². The van der Waals surface area contributed by atoms with Gasteiger partial charge in [-0.15, -0.1) is 0 Å². The van der Waals surface area contributed by atoms with Crippen molar-refractivity contribution in [3.63, 3.8) is 0 Å². The Morgan fingerprint density at radius 2 is 1.09 bits per heavy atom. The number of fused-ring (bicyclic) bond motifs is 1. The fraction of sp³-hybridized carbons (Fsp3) is 0.871. The Kier molecular flexibility index (Phi) is 11.2. The number of hydrogen-bond acceptors (Lipinski definition) is 2. The van der Waals surface area contributed by atoms with Crippen molar-refractivity contribution in [1.82, 2.24) is 10.6 Å². The molecule has 1 saturated heterocycles. The summed E-state index contributed by atoms with van der Waals surface area (Å²) >= 11 is 0. The van der Waals surface area contributed by atoms with E-state index in [2.05, 4.69) is 22.8 Å². The van der Waals surface area contributed by atoms with Crippen LogP contribution in [0.1, 0.15) is 141 Å². The van der Waals surface area contributed by atoms with E-state index in [4.69, 9.17) is 0 Å². The Hall–Kier alpha value is -0.760. The van der Waals surface area contributed by atoms with Crippen LogP contribution in [0.5, 0.6) is 0 Å². The average Bonchev–Trinajstić information content (AvgIpc) is 2.83.